The Morgan fingerprint density at radius 2 is 1.87 bits per heavy atom. The molecule has 1 aromatic heterocycles. The summed E-state index contributed by atoms with van der Waals surface area (Å²) in [6.07, 6.45) is -3.58. The first-order valence-corrected chi connectivity index (χ1v) is 6.95. The number of pyridine rings is 1. The van der Waals surface area contributed by atoms with Crippen LogP contribution in [0.1, 0.15) is 15.9 Å². The molecule has 0 radical (unpaired) electrons. The minimum Gasteiger partial charge on any atom is -0.478 e. The number of halogens is 6. The lowest BCUT2D eigenvalue weighted by Crippen LogP contribution is -2.07. The van der Waals surface area contributed by atoms with E-state index in [1.807, 2.05) is 0 Å². The fourth-order valence-electron chi connectivity index (χ4n) is 1.68. The molecule has 0 aliphatic carbocycles. The van der Waals surface area contributed by atoms with Gasteiger partial charge in [-0.1, -0.05) is 34.8 Å². The van der Waals surface area contributed by atoms with Crippen LogP contribution < -0.4 is 5.32 Å². The SMILES string of the molecule is O=C(O)c1cnc(Cl)c(Cl)c1Nc1ccc(C(F)(F)F)cc1Cl. The lowest BCUT2D eigenvalue weighted by atomic mass is 10.1. The number of hydrogen-bond acceptors (Lipinski definition) is 3. The molecule has 0 amide bonds. The molecule has 122 valence electrons. The lowest BCUT2D eigenvalue weighted by Gasteiger charge is -2.14. The summed E-state index contributed by atoms with van der Waals surface area (Å²) in [6, 6.07) is 2.56. The van der Waals surface area contributed by atoms with Gasteiger partial charge in [-0.05, 0) is 18.2 Å². The molecule has 0 saturated carbocycles. The van der Waals surface area contributed by atoms with E-state index in [4.69, 9.17) is 39.9 Å². The Labute approximate surface area is 142 Å². The number of aromatic nitrogens is 1. The summed E-state index contributed by atoms with van der Waals surface area (Å²) in [7, 11) is 0. The Bertz CT molecular complexity index is 782. The van der Waals surface area contributed by atoms with E-state index >= 15 is 0 Å². The molecule has 0 saturated heterocycles. The van der Waals surface area contributed by atoms with E-state index in [0.29, 0.717) is 6.07 Å². The van der Waals surface area contributed by atoms with Gasteiger partial charge in [0.1, 0.15) is 15.7 Å². The molecule has 10 heteroatoms. The van der Waals surface area contributed by atoms with Crippen molar-refractivity contribution < 1.29 is 23.1 Å². The lowest BCUT2D eigenvalue weighted by molar-refractivity contribution is -0.137. The van der Waals surface area contributed by atoms with E-state index in [1.165, 1.54) is 0 Å². The van der Waals surface area contributed by atoms with Crippen molar-refractivity contribution >= 4 is 52.1 Å². The predicted molar refractivity (Wildman–Crippen MR) is 81.0 cm³/mol. The zero-order valence-electron chi connectivity index (χ0n) is 10.9. The largest absolute Gasteiger partial charge is 0.478 e. The average Bonchev–Trinajstić information content (AvgIpc) is 2.44. The quantitative estimate of drug-likeness (QED) is 0.685. The number of nitrogens with zero attached hydrogens (tertiary/aromatic N) is 1. The number of carboxylic acids is 1. The van der Waals surface area contributed by atoms with Crippen molar-refractivity contribution in [2.75, 3.05) is 5.32 Å². The van der Waals surface area contributed by atoms with E-state index < -0.39 is 17.7 Å². The fraction of sp³-hybridized carbons (Fsp3) is 0.0769. The minimum atomic E-state index is -4.55. The molecule has 0 unspecified atom stereocenters. The van der Waals surface area contributed by atoms with Crippen molar-refractivity contribution in [3.8, 4) is 0 Å². The van der Waals surface area contributed by atoms with Gasteiger partial charge in [0.25, 0.3) is 0 Å². The Morgan fingerprint density at radius 1 is 1.22 bits per heavy atom. The van der Waals surface area contributed by atoms with Crippen molar-refractivity contribution in [3.63, 3.8) is 0 Å². The van der Waals surface area contributed by atoms with Crippen LogP contribution in [0.4, 0.5) is 24.5 Å². The standard InChI is InChI=1S/C13H6Cl3F3N2O2/c14-7-3-5(13(17,18)19)1-2-8(7)21-10-6(12(22)23)4-20-11(16)9(10)15/h1-4H,(H,20,21)(H,22,23). The smallest absolute Gasteiger partial charge is 0.416 e. The van der Waals surface area contributed by atoms with Crippen molar-refractivity contribution in [2.45, 2.75) is 6.18 Å². The highest BCUT2D eigenvalue weighted by atomic mass is 35.5. The molecule has 0 aliphatic heterocycles. The summed E-state index contributed by atoms with van der Waals surface area (Å²) >= 11 is 17.4. The van der Waals surface area contributed by atoms with Crippen LogP contribution in [-0.4, -0.2) is 16.1 Å². The molecular formula is C13H6Cl3F3N2O2. The number of nitrogens with one attached hydrogen (secondary N) is 1. The third-order valence-corrected chi connectivity index (χ3v) is 3.83. The number of hydrogen-bond donors (Lipinski definition) is 2. The van der Waals surface area contributed by atoms with Gasteiger partial charge in [0.05, 0.1) is 22.0 Å². The van der Waals surface area contributed by atoms with E-state index in [2.05, 4.69) is 10.3 Å². The summed E-state index contributed by atoms with van der Waals surface area (Å²) in [5.41, 5.74) is -1.34. The Morgan fingerprint density at radius 3 is 2.39 bits per heavy atom. The third kappa shape index (κ3) is 3.80. The number of benzene rings is 1. The van der Waals surface area contributed by atoms with Gasteiger partial charge in [-0.3, -0.25) is 0 Å². The molecule has 2 N–H and O–H groups in total. The van der Waals surface area contributed by atoms with Gasteiger partial charge >= 0.3 is 12.1 Å². The number of carboxylic acid groups (broad SMARTS) is 1. The van der Waals surface area contributed by atoms with E-state index in [-0.39, 0.29) is 32.1 Å². The maximum atomic E-state index is 12.6. The number of anilines is 2. The van der Waals surface area contributed by atoms with Crippen molar-refractivity contribution in [2.24, 2.45) is 0 Å². The van der Waals surface area contributed by atoms with Gasteiger partial charge in [0, 0.05) is 6.20 Å². The zero-order chi connectivity index (χ0) is 17.4. The molecule has 0 aliphatic rings. The highest BCUT2D eigenvalue weighted by Gasteiger charge is 2.31. The summed E-state index contributed by atoms with van der Waals surface area (Å²) in [5, 5.41) is 11.1. The maximum absolute atomic E-state index is 12.6. The van der Waals surface area contributed by atoms with Gasteiger partial charge in [-0.15, -0.1) is 0 Å². The fourth-order valence-corrected chi connectivity index (χ4v) is 2.24. The minimum absolute atomic E-state index is 0.0336. The molecular weight excluding hydrogens is 380 g/mol. The Kier molecular flexibility index (Phi) is 4.93. The van der Waals surface area contributed by atoms with Crippen LogP contribution in [-0.2, 0) is 6.18 Å². The van der Waals surface area contributed by atoms with Crippen LogP contribution >= 0.6 is 34.8 Å². The summed E-state index contributed by atoms with van der Waals surface area (Å²) in [5.74, 6) is -1.35. The maximum Gasteiger partial charge on any atom is 0.416 e. The van der Waals surface area contributed by atoms with Crippen LogP contribution in [0.5, 0.6) is 0 Å². The van der Waals surface area contributed by atoms with E-state index in [9.17, 15) is 18.0 Å². The van der Waals surface area contributed by atoms with Gasteiger partial charge in [-0.25, -0.2) is 9.78 Å². The van der Waals surface area contributed by atoms with Crippen molar-refractivity contribution in [3.05, 3.63) is 50.7 Å². The van der Waals surface area contributed by atoms with Crippen molar-refractivity contribution in [1.29, 1.82) is 0 Å². The number of alkyl halides is 3. The third-order valence-electron chi connectivity index (χ3n) is 2.76. The molecule has 23 heavy (non-hydrogen) atoms. The topological polar surface area (TPSA) is 62.2 Å². The summed E-state index contributed by atoms with van der Waals surface area (Å²) in [4.78, 5) is 14.8. The molecule has 0 fully saturated rings. The van der Waals surface area contributed by atoms with Crippen LogP contribution in [0.3, 0.4) is 0 Å². The number of aromatic carboxylic acids is 1. The number of rotatable bonds is 3. The van der Waals surface area contributed by atoms with Crippen LogP contribution in [0.25, 0.3) is 0 Å². The molecule has 2 aromatic rings. The summed E-state index contributed by atoms with van der Waals surface area (Å²) in [6.45, 7) is 0. The molecule has 0 spiro atoms. The van der Waals surface area contributed by atoms with Gasteiger partial charge in [-0.2, -0.15) is 13.2 Å². The van der Waals surface area contributed by atoms with Gasteiger partial charge in [0.2, 0.25) is 0 Å². The first-order chi connectivity index (χ1) is 10.6. The molecule has 1 heterocycles. The van der Waals surface area contributed by atoms with Gasteiger partial charge in [0.15, 0.2) is 0 Å². The Hall–Kier alpha value is -1.70. The average molecular weight is 386 g/mol. The molecule has 1 aromatic carbocycles. The monoisotopic (exact) mass is 384 g/mol. The normalized spacial score (nSPS) is 11.4. The second-order valence-electron chi connectivity index (χ2n) is 4.27. The first kappa shape index (κ1) is 17.7. The summed E-state index contributed by atoms with van der Waals surface area (Å²) < 4.78 is 37.8. The second kappa shape index (κ2) is 6.43. The highest BCUT2D eigenvalue weighted by Crippen LogP contribution is 2.38. The molecule has 2 rings (SSSR count). The Balaban J connectivity index is 2.48. The van der Waals surface area contributed by atoms with E-state index in [1.54, 1.807) is 0 Å². The zero-order valence-corrected chi connectivity index (χ0v) is 13.1. The van der Waals surface area contributed by atoms with Crippen molar-refractivity contribution in [1.82, 2.24) is 4.98 Å². The van der Waals surface area contributed by atoms with Gasteiger partial charge < -0.3 is 10.4 Å². The van der Waals surface area contributed by atoms with Crippen LogP contribution in [0.15, 0.2) is 24.4 Å². The molecule has 0 bridgehead atoms. The van der Waals surface area contributed by atoms with Crippen LogP contribution in [0.2, 0.25) is 15.2 Å². The molecule has 4 nitrogen and oxygen atoms in total. The highest BCUT2D eigenvalue weighted by molar-refractivity contribution is 6.43. The second-order valence-corrected chi connectivity index (χ2v) is 5.42. The number of carbonyl (C=O) groups is 1. The molecule has 0 atom stereocenters. The first-order valence-electron chi connectivity index (χ1n) is 5.82. The predicted octanol–water partition coefficient (Wildman–Crippen LogP) is 5.50. The van der Waals surface area contributed by atoms with Crippen LogP contribution in [0, 0.1) is 0 Å². The van der Waals surface area contributed by atoms with E-state index in [0.717, 1.165) is 18.3 Å².